The van der Waals surface area contributed by atoms with Gasteiger partial charge < -0.3 is 13.9 Å². The van der Waals surface area contributed by atoms with Crippen LogP contribution in [-0.4, -0.2) is 19.0 Å². The van der Waals surface area contributed by atoms with Crippen LogP contribution >= 0.6 is 11.6 Å². The number of cyclic esters (lactones) is 1. The summed E-state index contributed by atoms with van der Waals surface area (Å²) in [7, 11) is 1.57. The first-order chi connectivity index (χ1) is 13.1. The number of hydrogen-bond donors (Lipinski definition) is 0. The summed E-state index contributed by atoms with van der Waals surface area (Å²) in [6, 6.07) is 18.1. The van der Waals surface area contributed by atoms with Gasteiger partial charge in [0.1, 0.15) is 17.3 Å². The van der Waals surface area contributed by atoms with Crippen molar-refractivity contribution in [3.63, 3.8) is 0 Å². The SMILES string of the molecule is COc1cccc(C2=NC(=Cc3ccc(-c4cccc(Cl)c4)o3)C(=O)O2)c1. The lowest BCUT2D eigenvalue weighted by atomic mass is 10.2. The fourth-order valence-electron chi connectivity index (χ4n) is 2.65. The number of ether oxygens (including phenoxy) is 2. The molecule has 0 saturated heterocycles. The van der Waals surface area contributed by atoms with E-state index in [9.17, 15) is 4.79 Å². The predicted octanol–water partition coefficient (Wildman–Crippen LogP) is 4.95. The molecule has 5 nitrogen and oxygen atoms in total. The van der Waals surface area contributed by atoms with Crippen molar-refractivity contribution in [1.82, 2.24) is 0 Å². The van der Waals surface area contributed by atoms with Gasteiger partial charge in [0, 0.05) is 22.2 Å². The molecule has 0 unspecified atom stereocenters. The Balaban J connectivity index is 1.62. The molecule has 3 aromatic rings. The minimum atomic E-state index is -0.534. The van der Waals surface area contributed by atoms with Gasteiger partial charge in [0.2, 0.25) is 5.90 Å². The summed E-state index contributed by atoms with van der Waals surface area (Å²) in [5.41, 5.74) is 1.67. The number of rotatable bonds is 4. The Morgan fingerprint density at radius 2 is 1.85 bits per heavy atom. The average molecular weight is 380 g/mol. The molecule has 1 aliphatic rings. The number of carbonyl (C=O) groups is 1. The zero-order chi connectivity index (χ0) is 18.8. The molecule has 0 fully saturated rings. The van der Waals surface area contributed by atoms with Gasteiger partial charge in [0.25, 0.3) is 0 Å². The van der Waals surface area contributed by atoms with Gasteiger partial charge in [-0.25, -0.2) is 9.79 Å². The molecular weight excluding hydrogens is 366 g/mol. The fraction of sp³-hybridized carbons (Fsp3) is 0.0476. The monoisotopic (exact) mass is 379 g/mol. The molecule has 1 aromatic heterocycles. The zero-order valence-electron chi connectivity index (χ0n) is 14.3. The van der Waals surface area contributed by atoms with Crippen LogP contribution < -0.4 is 4.74 Å². The van der Waals surface area contributed by atoms with E-state index in [2.05, 4.69) is 4.99 Å². The van der Waals surface area contributed by atoms with E-state index >= 15 is 0 Å². The highest BCUT2D eigenvalue weighted by Crippen LogP contribution is 2.27. The van der Waals surface area contributed by atoms with Crippen LogP contribution in [0.4, 0.5) is 0 Å². The van der Waals surface area contributed by atoms with Gasteiger partial charge in [-0.2, -0.15) is 0 Å². The van der Waals surface area contributed by atoms with Crippen LogP contribution in [0.25, 0.3) is 17.4 Å². The molecule has 0 bridgehead atoms. The lowest BCUT2D eigenvalue weighted by Gasteiger charge is -2.02. The highest BCUT2D eigenvalue weighted by Gasteiger charge is 2.25. The summed E-state index contributed by atoms with van der Waals surface area (Å²) in [5.74, 6) is 1.49. The van der Waals surface area contributed by atoms with Gasteiger partial charge in [0.15, 0.2) is 5.70 Å². The van der Waals surface area contributed by atoms with Crippen LogP contribution in [0.1, 0.15) is 11.3 Å². The predicted molar refractivity (Wildman–Crippen MR) is 103 cm³/mol. The normalized spacial score (nSPS) is 15.0. The molecule has 0 N–H and O–H groups in total. The third-order valence-corrected chi connectivity index (χ3v) is 4.19. The van der Waals surface area contributed by atoms with Crippen molar-refractivity contribution in [2.24, 2.45) is 4.99 Å². The number of aliphatic imine (C=N–C) groups is 1. The minimum absolute atomic E-state index is 0.166. The first kappa shape index (κ1) is 17.1. The number of hydrogen-bond acceptors (Lipinski definition) is 5. The van der Waals surface area contributed by atoms with E-state index in [1.54, 1.807) is 55.7 Å². The van der Waals surface area contributed by atoms with Gasteiger partial charge in [-0.3, -0.25) is 0 Å². The molecule has 0 aliphatic carbocycles. The third kappa shape index (κ3) is 3.64. The summed E-state index contributed by atoms with van der Waals surface area (Å²) in [5, 5.41) is 0.621. The summed E-state index contributed by atoms with van der Waals surface area (Å²) < 4.78 is 16.2. The minimum Gasteiger partial charge on any atom is -0.497 e. The second kappa shape index (κ2) is 7.13. The maximum atomic E-state index is 12.1. The highest BCUT2D eigenvalue weighted by atomic mass is 35.5. The first-order valence-electron chi connectivity index (χ1n) is 8.15. The van der Waals surface area contributed by atoms with E-state index in [1.165, 1.54) is 0 Å². The topological polar surface area (TPSA) is 61.0 Å². The lowest BCUT2D eigenvalue weighted by Crippen LogP contribution is -2.05. The van der Waals surface area contributed by atoms with E-state index in [0.29, 0.717) is 27.9 Å². The highest BCUT2D eigenvalue weighted by molar-refractivity contribution is 6.30. The molecule has 2 heterocycles. The van der Waals surface area contributed by atoms with E-state index < -0.39 is 5.97 Å². The maximum Gasteiger partial charge on any atom is 0.363 e. The molecule has 4 rings (SSSR count). The molecule has 0 radical (unpaired) electrons. The summed E-state index contributed by atoms with van der Waals surface area (Å²) in [6.07, 6.45) is 1.55. The van der Waals surface area contributed by atoms with Crippen molar-refractivity contribution >= 4 is 29.5 Å². The van der Waals surface area contributed by atoms with Gasteiger partial charge in [-0.1, -0.05) is 29.8 Å². The Labute approximate surface area is 160 Å². The van der Waals surface area contributed by atoms with Crippen molar-refractivity contribution in [1.29, 1.82) is 0 Å². The number of esters is 1. The lowest BCUT2D eigenvalue weighted by molar-refractivity contribution is -0.129. The Morgan fingerprint density at radius 1 is 1.04 bits per heavy atom. The largest absolute Gasteiger partial charge is 0.497 e. The Hall–Kier alpha value is -3.31. The second-order valence-corrected chi connectivity index (χ2v) is 6.22. The third-order valence-electron chi connectivity index (χ3n) is 3.95. The van der Waals surface area contributed by atoms with Crippen LogP contribution in [0.2, 0.25) is 5.02 Å². The van der Waals surface area contributed by atoms with Gasteiger partial charge in [-0.15, -0.1) is 0 Å². The van der Waals surface area contributed by atoms with Gasteiger partial charge in [0.05, 0.1) is 7.11 Å². The van der Waals surface area contributed by atoms with Crippen LogP contribution in [0.3, 0.4) is 0 Å². The quantitative estimate of drug-likeness (QED) is 0.475. The fourth-order valence-corrected chi connectivity index (χ4v) is 2.84. The van der Waals surface area contributed by atoms with Crippen molar-refractivity contribution in [3.05, 3.63) is 82.7 Å². The second-order valence-electron chi connectivity index (χ2n) is 5.78. The van der Waals surface area contributed by atoms with Crippen molar-refractivity contribution in [2.45, 2.75) is 0 Å². The molecule has 2 aromatic carbocycles. The summed E-state index contributed by atoms with van der Waals surface area (Å²) in [4.78, 5) is 16.4. The number of nitrogens with zero attached hydrogens (tertiary/aromatic N) is 1. The number of halogens is 1. The first-order valence-corrected chi connectivity index (χ1v) is 8.53. The molecule has 27 heavy (non-hydrogen) atoms. The van der Waals surface area contributed by atoms with E-state index in [4.69, 9.17) is 25.5 Å². The molecule has 134 valence electrons. The number of methoxy groups -OCH3 is 1. The van der Waals surface area contributed by atoms with Crippen molar-refractivity contribution < 1.29 is 18.7 Å². The maximum absolute atomic E-state index is 12.1. The van der Waals surface area contributed by atoms with Crippen LogP contribution in [0.15, 0.2) is 75.8 Å². The van der Waals surface area contributed by atoms with Crippen molar-refractivity contribution in [2.75, 3.05) is 7.11 Å². The molecule has 0 amide bonds. The number of carbonyl (C=O) groups excluding carboxylic acids is 1. The molecular formula is C21H14ClNO4. The Bertz CT molecular complexity index is 1080. The molecule has 0 spiro atoms. The molecule has 0 atom stereocenters. The molecule has 0 saturated carbocycles. The van der Waals surface area contributed by atoms with Crippen LogP contribution in [-0.2, 0) is 9.53 Å². The summed E-state index contributed by atoms with van der Waals surface area (Å²) >= 11 is 6.01. The van der Waals surface area contributed by atoms with Gasteiger partial charge >= 0.3 is 5.97 Å². The van der Waals surface area contributed by atoms with Crippen LogP contribution in [0.5, 0.6) is 5.75 Å². The standard InChI is InChI=1S/C21H14ClNO4/c1-25-16-7-3-5-14(11-16)20-23-18(21(24)27-20)12-17-8-9-19(26-17)13-4-2-6-15(22)10-13/h2-12H,1H3. The smallest absolute Gasteiger partial charge is 0.363 e. The Kier molecular flexibility index (Phi) is 4.52. The molecule has 1 aliphatic heterocycles. The van der Waals surface area contributed by atoms with E-state index in [0.717, 1.165) is 5.56 Å². The van der Waals surface area contributed by atoms with Crippen LogP contribution in [0, 0.1) is 0 Å². The number of furan rings is 1. The number of benzene rings is 2. The van der Waals surface area contributed by atoms with Crippen molar-refractivity contribution in [3.8, 4) is 17.1 Å². The zero-order valence-corrected chi connectivity index (χ0v) is 15.1. The Morgan fingerprint density at radius 3 is 2.67 bits per heavy atom. The van der Waals surface area contributed by atoms with Gasteiger partial charge in [-0.05, 0) is 42.5 Å². The summed E-state index contributed by atoms with van der Waals surface area (Å²) in [6.45, 7) is 0. The average Bonchev–Trinajstić information content (AvgIpc) is 3.29. The molecule has 6 heteroatoms. The van der Waals surface area contributed by atoms with E-state index in [1.807, 2.05) is 18.2 Å². The van der Waals surface area contributed by atoms with E-state index in [-0.39, 0.29) is 11.6 Å².